The highest BCUT2D eigenvalue weighted by Crippen LogP contribution is 2.16. The van der Waals surface area contributed by atoms with Crippen molar-refractivity contribution in [2.75, 3.05) is 39.4 Å². The van der Waals surface area contributed by atoms with Crippen molar-refractivity contribution in [1.82, 2.24) is 20.1 Å². The largest absolute Gasteiger partial charge is 0.379 e. The van der Waals surface area contributed by atoms with Crippen LogP contribution in [-0.4, -0.2) is 59.3 Å². The second-order valence-electron chi connectivity index (χ2n) is 8.78. The molecule has 1 fully saturated rings. The first-order valence-corrected chi connectivity index (χ1v) is 12.5. The van der Waals surface area contributed by atoms with Gasteiger partial charge in [-0.2, -0.15) is 0 Å². The fourth-order valence-electron chi connectivity index (χ4n) is 4.28. The molecule has 4 rings (SSSR count). The summed E-state index contributed by atoms with van der Waals surface area (Å²) in [6.07, 6.45) is 1.97. The Labute approximate surface area is 206 Å². The van der Waals surface area contributed by atoms with Gasteiger partial charge in [-0.05, 0) is 66.3 Å². The van der Waals surface area contributed by atoms with E-state index in [1.54, 1.807) is 0 Å². The molecular weight excluding hydrogens is 444 g/mol. The van der Waals surface area contributed by atoms with Gasteiger partial charge in [0, 0.05) is 37.3 Å². The Balaban J connectivity index is 1.46. The molecule has 0 saturated carbocycles. The number of aryl methyl sites for hydroxylation is 1. The highest BCUT2D eigenvalue weighted by molar-refractivity contribution is 7.80. The zero-order valence-corrected chi connectivity index (χ0v) is 20.7. The van der Waals surface area contributed by atoms with Crippen LogP contribution in [0.1, 0.15) is 30.0 Å². The predicted molar refractivity (Wildman–Crippen MR) is 142 cm³/mol. The molecular formula is C27H34N4O2S. The van der Waals surface area contributed by atoms with Crippen LogP contribution in [0.15, 0.2) is 59.4 Å². The van der Waals surface area contributed by atoms with Crippen LogP contribution >= 0.6 is 12.2 Å². The maximum atomic E-state index is 12.9. The lowest BCUT2D eigenvalue weighted by Crippen LogP contribution is -2.42. The standard InChI is InChI=1S/C27H34N4O2S/c1-2-21-9-10-25-23(17-21)18-24(26(32)29-25)20-31(19-22-7-4-3-5-8-22)27(34)28-11-6-12-30-13-15-33-16-14-30/h3-5,7-10,17-18H,2,6,11-16,19-20H2,1H3,(H,28,34)(H,29,32). The van der Waals surface area contributed by atoms with E-state index in [2.05, 4.69) is 51.3 Å². The molecule has 7 heteroatoms. The van der Waals surface area contributed by atoms with Crippen molar-refractivity contribution < 1.29 is 4.74 Å². The summed E-state index contributed by atoms with van der Waals surface area (Å²) >= 11 is 5.79. The summed E-state index contributed by atoms with van der Waals surface area (Å²) in [6.45, 7) is 8.68. The van der Waals surface area contributed by atoms with Gasteiger partial charge in [-0.25, -0.2) is 0 Å². The number of aromatic amines is 1. The molecule has 0 radical (unpaired) electrons. The molecule has 2 N–H and O–H groups in total. The molecule has 6 nitrogen and oxygen atoms in total. The van der Waals surface area contributed by atoms with Crippen molar-refractivity contribution in [3.63, 3.8) is 0 Å². The average molecular weight is 479 g/mol. The van der Waals surface area contributed by atoms with Gasteiger partial charge in [-0.3, -0.25) is 9.69 Å². The van der Waals surface area contributed by atoms with E-state index in [4.69, 9.17) is 17.0 Å². The smallest absolute Gasteiger partial charge is 0.253 e. The number of rotatable bonds is 9. The maximum absolute atomic E-state index is 12.9. The van der Waals surface area contributed by atoms with Crippen molar-refractivity contribution in [3.05, 3.63) is 81.6 Å². The second-order valence-corrected chi connectivity index (χ2v) is 9.17. The third-order valence-electron chi connectivity index (χ3n) is 6.29. The Morgan fingerprint density at radius 1 is 1.09 bits per heavy atom. The van der Waals surface area contributed by atoms with E-state index < -0.39 is 0 Å². The number of benzene rings is 2. The van der Waals surface area contributed by atoms with Crippen LogP contribution < -0.4 is 10.9 Å². The lowest BCUT2D eigenvalue weighted by atomic mass is 10.1. The van der Waals surface area contributed by atoms with Gasteiger partial charge < -0.3 is 19.9 Å². The van der Waals surface area contributed by atoms with Crippen molar-refractivity contribution in [2.24, 2.45) is 0 Å². The van der Waals surface area contributed by atoms with Gasteiger partial charge in [0.2, 0.25) is 0 Å². The second kappa shape index (κ2) is 12.1. The third kappa shape index (κ3) is 6.65. The average Bonchev–Trinajstić information content (AvgIpc) is 2.87. The Hall–Kier alpha value is -2.74. The molecule has 0 aliphatic carbocycles. The van der Waals surface area contributed by atoms with Gasteiger partial charge in [-0.1, -0.05) is 43.3 Å². The van der Waals surface area contributed by atoms with E-state index >= 15 is 0 Å². The molecule has 3 aromatic rings. The normalized spacial score (nSPS) is 14.3. The van der Waals surface area contributed by atoms with Gasteiger partial charge in [0.25, 0.3) is 5.56 Å². The van der Waals surface area contributed by atoms with Gasteiger partial charge in [-0.15, -0.1) is 0 Å². The number of fused-ring (bicyclic) bond motifs is 1. The quantitative estimate of drug-likeness (QED) is 0.361. The van der Waals surface area contributed by atoms with Crippen molar-refractivity contribution >= 4 is 28.2 Å². The summed E-state index contributed by atoms with van der Waals surface area (Å²) in [4.78, 5) is 20.4. The van der Waals surface area contributed by atoms with Crippen LogP contribution in [-0.2, 0) is 24.2 Å². The summed E-state index contributed by atoms with van der Waals surface area (Å²) in [5, 5.41) is 5.15. The first-order chi connectivity index (χ1) is 16.6. The SMILES string of the molecule is CCc1ccc2[nH]c(=O)c(CN(Cc3ccccc3)C(=S)NCCCN3CCOCC3)cc2c1. The number of H-pyrrole nitrogens is 1. The molecule has 2 heterocycles. The number of thiocarbonyl (C=S) groups is 1. The Bertz CT molecular complexity index is 1140. The lowest BCUT2D eigenvalue weighted by Gasteiger charge is -2.28. The van der Waals surface area contributed by atoms with Crippen LogP contribution in [0.2, 0.25) is 0 Å². The number of hydrogen-bond donors (Lipinski definition) is 2. The Kier molecular flexibility index (Phi) is 8.68. The molecule has 0 unspecified atom stereocenters. The van der Waals surface area contributed by atoms with E-state index in [0.717, 1.165) is 68.7 Å². The molecule has 180 valence electrons. The maximum Gasteiger partial charge on any atom is 0.253 e. The number of nitrogens with zero attached hydrogens (tertiary/aromatic N) is 2. The molecule has 1 aliphatic heterocycles. The van der Waals surface area contributed by atoms with E-state index in [1.165, 1.54) is 5.56 Å². The molecule has 2 aromatic carbocycles. The molecule has 1 aromatic heterocycles. The van der Waals surface area contributed by atoms with Crippen LogP contribution in [0, 0.1) is 0 Å². The number of pyridine rings is 1. The lowest BCUT2D eigenvalue weighted by molar-refractivity contribution is 0.0376. The summed E-state index contributed by atoms with van der Waals surface area (Å²) in [5.74, 6) is 0. The minimum atomic E-state index is -0.0649. The van der Waals surface area contributed by atoms with Crippen molar-refractivity contribution in [1.29, 1.82) is 0 Å². The third-order valence-corrected chi connectivity index (χ3v) is 6.69. The van der Waals surface area contributed by atoms with E-state index in [9.17, 15) is 4.79 Å². The molecule has 1 saturated heterocycles. The number of ether oxygens (including phenoxy) is 1. The first-order valence-electron chi connectivity index (χ1n) is 12.1. The van der Waals surface area contributed by atoms with Gasteiger partial charge in [0.15, 0.2) is 5.11 Å². The number of hydrogen-bond acceptors (Lipinski definition) is 4. The van der Waals surface area contributed by atoms with E-state index in [-0.39, 0.29) is 5.56 Å². The fourth-order valence-corrected chi connectivity index (χ4v) is 4.51. The number of morpholine rings is 1. The summed E-state index contributed by atoms with van der Waals surface area (Å²) < 4.78 is 5.43. The van der Waals surface area contributed by atoms with E-state index in [1.807, 2.05) is 30.3 Å². The monoisotopic (exact) mass is 478 g/mol. The zero-order valence-electron chi connectivity index (χ0n) is 19.9. The predicted octanol–water partition coefficient (Wildman–Crippen LogP) is 3.69. The van der Waals surface area contributed by atoms with Gasteiger partial charge in [0.1, 0.15) is 0 Å². The highest BCUT2D eigenvalue weighted by atomic mass is 32.1. The van der Waals surface area contributed by atoms with Gasteiger partial charge >= 0.3 is 0 Å². The minimum Gasteiger partial charge on any atom is -0.379 e. The molecule has 0 atom stereocenters. The van der Waals surface area contributed by atoms with Crippen molar-refractivity contribution in [2.45, 2.75) is 32.9 Å². The first kappa shape index (κ1) is 24.4. The number of aromatic nitrogens is 1. The fraction of sp³-hybridized carbons (Fsp3) is 0.407. The van der Waals surface area contributed by atoms with Crippen molar-refractivity contribution in [3.8, 4) is 0 Å². The van der Waals surface area contributed by atoms with Crippen LogP contribution in [0.5, 0.6) is 0 Å². The molecule has 0 spiro atoms. The molecule has 0 amide bonds. The molecule has 1 aliphatic rings. The molecule has 34 heavy (non-hydrogen) atoms. The highest BCUT2D eigenvalue weighted by Gasteiger charge is 2.15. The number of nitrogens with one attached hydrogen (secondary N) is 2. The van der Waals surface area contributed by atoms with Gasteiger partial charge in [0.05, 0.1) is 19.8 Å². The molecule has 0 bridgehead atoms. The summed E-state index contributed by atoms with van der Waals surface area (Å²) in [6, 6.07) is 18.5. The van der Waals surface area contributed by atoms with Crippen LogP contribution in [0.4, 0.5) is 0 Å². The summed E-state index contributed by atoms with van der Waals surface area (Å²) in [5.41, 5.74) is 3.93. The minimum absolute atomic E-state index is 0.0649. The summed E-state index contributed by atoms with van der Waals surface area (Å²) in [7, 11) is 0. The topological polar surface area (TPSA) is 60.6 Å². The Morgan fingerprint density at radius 2 is 1.88 bits per heavy atom. The van der Waals surface area contributed by atoms with Crippen LogP contribution in [0.3, 0.4) is 0 Å². The van der Waals surface area contributed by atoms with E-state index in [0.29, 0.717) is 23.8 Å². The Morgan fingerprint density at radius 3 is 2.65 bits per heavy atom. The zero-order chi connectivity index (χ0) is 23.8. The van der Waals surface area contributed by atoms with Crippen LogP contribution in [0.25, 0.3) is 10.9 Å².